The van der Waals surface area contributed by atoms with Crippen LogP contribution in [0.2, 0.25) is 0 Å². The molecule has 152 valence electrons. The van der Waals surface area contributed by atoms with Crippen LogP contribution in [-0.2, 0) is 24.4 Å². The van der Waals surface area contributed by atoms with Crippen molar-refractivity contribution in [2.75, 3.05) is 6.54 Å². The Balaban J connectivity index is 1.27. The number of hydrogen-bond donors (Lipinski definition) is 2. The predicted molar refractivity (Wildman–Crippen MR) is 117 cm³/mol. The van der Waals surface area contributed by atoms with Crippen LogP contribution in [0.4, 0.5) is 4.79 Å². The number of hydrogen-bond acceptors (Lipinski definition) is 3. The molecule has 0 bridgehead atoms. The number of ether oxygens (including phenoxy) is 2. The Bertz CT molecular complexity index is 1090. The molecule has 4 aromatic rings. The molecule has 0 aliphatic heterocycles. The molecule has 0 fully saturated rings. The molecular weight excluding hydrogens is 376 g/mol. The summed E-state index contributed by atoms with van der Waals surface area (Å²) in [6.07, 6.45) is 2.28. The van der Waals surface area contributed by atoms with Crippen LogP contribution in [0.15, 0.2) is 85.1 Å². The third kappa shape index (κ3) is 5.20. The normalized spacial score (nSPS) is 10.7. The van der Waals surface area contributed by atoms with E-state index in [0.717, 1.165) is 33.3 Å². The minimum Gasteiger partial charge on any atom is -0.489 e. The van der Waals surface area contributed by atoms with Gasteiger partial charge in [0.25, 0.3) is 0 Å². The number of alkyl carbamates (subject to hydrolysis) is 1. The Morgan fingerprint density at radius 1 is 0.867 bits per heavy atom. The highest BCUT2D eigenvalue weighted by Crippen LogP contribution is 2.24. The van der Waals surface area contributed by atoms with Gasteiger partial charge in [0.2, 0.25) is 0 Å². The van der Waals surface area contributed by atoms with Crippen molar-refractivity contribution in [1.29, 1.82) is 0 Å². The van der Waals surface area contributed by atoms with Gasteiger partial charge < -0.3 is 19.8 Å². The minimum atomic E-state index is -0.407. The molecule has 0 saturated heterocycles. The lowest BCUT2D eigenvalue weighted by Gasteiger charge is -2.08. The number of carbonyl (C=O) groups is 1. The fourth-order valence-electron chi connectivity index (χ4n) is 3.28. The quantitative estimate of drug-likeness (QED) is 0.426. The maximum atomic E-state index is 11.9. The Morgan fingerprint density at radius 3 is 2.30 bits per heavy atom. The molecule has 5 heteroatoms. The number of nitrogens with one attached hydrogen (secondary N) is 2. The summed E-state index contributed by atoms with van der Waals surface area (Å²) in [6, 6.07) is 25.8. The molecule has 3 aromatic carbocycles. The lowest BCUT2D eigenvalue weighted by molar-refractivity contribution is 0.140. The molecule has 0 aliphatic carbocycles. The Labute approximate surface area is 175 Å². The zero-order valence-corrected chi connectivity index (χ0v) is 16.6. The van der Waals surface area contributed by atoms with E-state index >= 15 is 0 Å². The van der Waals surface area contributed by atoms with Crippen LogP contribution in [0.1, 0.15) is 16.7 Å². The minimum absolute atomic E-state index is 0.269. The zero-order valence-electron chi connectivity index (χ0n) is 16.6. The molecule has 0 unspecified atom stereocenters. The van der Waals surface area contributed by atoms with E-state index in [4.69, 9.17) is 9.47 Å². The summed E-state index contributed by atoms with van der Waals surface area (Å²) in [5.41, 5.74) is 4.26. The molecule has 0 atom stereocenters. The number of fused-ring (bicyclic) bond motifs is 1. The first-order valence-corrected chi connectivity index (χ1v) is 9.99. The monoisotopic (exact) mass is 400 g/mol. The summed E-state index contributed by atoms with van der Waals surface area (Å²) >= 11 is 0. The maximum absolute atomic E-state index is 11.9. The van der Waals surface area contributed by atoms with Gasteiger partial charge in [0.15, 0.2) is 0 Å². The number of aromatic nitrogens is 1. The predicted octanol–water partition coefficient (Wildman–Crippen LogP) is 5.22. The van der Waals surface area contributed by atoms with Gasteiger partial charge in [-0.1, -0.05) is 60.7 Å². The Kier molecular flexibility index (Phi) is 6.30. The van der Waals surface area contributed by atoms with Crippen molar-refractivity contribution in [3.63, 3.8) is 0 Å². The summed E-state index contributed by atoms with van der Waals surface area (Å²) in [6.45, 7) is 1.31. The van der Waals surface area contributed by atoms with Crippen molar-refractivity contribution in [1.82, 2.24) is 10.3 Å². The summed E-state index contributed by atoms with van der Waals surface area (Å²) < 4.78 is 11.1. The van der Waals surface area contributed by atoms with Crippen molar-refractivity contribution in [3.05, 3.63) is 102 Å². The van der Waals surface area contributed by atoms with Crippen LogP contribution in [-0.4, -0.2) is 17.6 Å². The van der Waals surface area contributed by atoms with Crippen molar-refractivity contribution >= 4 is 17.0 Å². The summed E-state index contributed by atoms with van der Waals surface area (Å²) in [4.78, 5) is 15.2. The maximum Gasteiger partial charge on any atom is 0.407 e. The first-order chi connectivity index (χ1) is 14.8. The van der Waals surface area contributed by atoms with Gasteiger partial charge in [0.1, 0.15) is 19.0 Å². The SMILES string of the molecule is O=C(NCCc1c[nH]c2cc(OCc3ccccc3)ccc12)OCc1ccccc1. The standard InChI is InChI=1S/C25H24N2O3/c28-25(30-18-20-9-5-2-6-10-20)26-14-13-21-16-27-24-15-22(11-12-23(21)24)29-17-19-7-3-1-4-8-19/h1-12,15-16,27H,13-14,17-18H2,(H,26,28). The van der Waals surface area contributed by atoms with E-state index in [2.05, 4.69) is 16.4 Å². The summed E-state index contributed by atoms with van der Waals surface area (Å²) in [5.74, 6) is 0.822. The van der Waals surface area contributed by atoms with Gasteiger partial charge in [-0.25, -0.2) is 4.79 Å². The first-order valence-electron chi connectivity index (χ1n) is 9.99. The topological polar surface area (TPSA) is 63.4 Å². The van der Waals surface area contributed by atoms with Gasteiger partial charge >= 0.3 is 6.09 Å². The second kappa shape index (κ2) is 9.65. The van der Waals surface area contributed by atoms with Crippen molar-refractivity contribution < 1.29 is 14.3 Å². The van der Waals surface area contributed by atoms with Gasteiger partial charge in [0, 0.05) is 29.7 Å². The lowest BCUT2D eigenvalue weighted by Crippen LogP contribution is -2.26. The fourth-order valence-corrected chi connectivity index (χ4v) is 3.28. The number of H-pyrrole nitrogens is 1. The van der Waals surface area contributed by atoms with Gasteiger partial charge in [-0.2, -0.15) is 0 Å². The van der Waals surface area contributed by atoms with Gasteiger partial charge in [-0.15, -0.1) is 0 Å². The molecule has 2 N–H and O–H groups in total. The highest BCUT2D eigenvalue weighted by atomic mass is 16.5. The Morgan fingerprint density at radius 2 is 1.57 bits per heavy atom. The highest BCUT2D eigenvalue weighted by Gasteiger charge is 2.07. The van der Waals surface area contributed by atoms with Gasteiger partial charge in [-0.05, 0) is 35.2 Å². The number of amides is 1. The van der Waals surface area contributed by atoms with Crippen molar-refractivity contribution in [2.45, 2.75) is 19.6 Å². The average Bonchev–Trinajstić information content (AvgIpc) is 3.20. The third-order valence-electron chi connectivity index (χ3n) is 4.86. The number of benzene rings is 3. The molecular formula is C25H24N2O3. The molecule has 1 heterocycles. The van der Waals surface area contributed by atoms with Gasteiger partial charge in [0.05, 0.1) is 0 Å². The van der Waals surface area contributed by atoms with E-state index in [0.29, 0.717) is 19.6 Å². The van der Waals surface area contributed by atoms with E-state index in [1.807, 2.05) is 79.0 Å². The van der Waals surface area contributed by atoms with Crippen LogP contribution < -0.4 is 10.1 Å². The van der Waals surface area contributed by atoms with Crippen LogP contribution >= 0.6 is 0 Å². The second-order valence-corrected chi connectivity index (χ2v) is 7.03. The van der Waals surface area contributed by atoms with E-state index in [9.17, 15) is 4.79 Å². The molecule has 0 radical (unpaired) electrons. The average molecular weight is 400 g/mol. The van der Waals surface area contributed by atoms with Crippen molar-refractivity contribution in [3.8, 4) is 5.75 Å². The number of rotatable bonds is 8. The van der Waals surface area contributed by atoms with E-state index in [1.54, 1.807) is 0 Å². The largest absolute Gasteiger partial charge is 0.489 e. The zero-order chi connectivity index (χ0) is 20.6. The van der Waals surface area contributed by atoms with E-state index in [1.165, 1.54) is 0 Å². The molecule has 5 nitrogen and oxygen atoms in total. The summed E-state index contributed by atoms with van der Waals surface area (Å²) in [7, 11) is 0. The second-order valence-electron chi connectivity index (χ2n) is 7.03. The molecule has 4 rings (SSSR count). The highest BCUT2D eigenvalue weighted by molar-refractivity contribution is 5.84. The first kappa shape index (κ1) is 19.6. The fraction of sp³-hybridized carbons (Fsp3) is 0.160. The van der Waals surface area contributed by atoms with Gasteiger partial charge in [-0.3, -0.25) is 0 Å². The molecule has 1 aromatic heterocycles. The lowest BCUT2D eigenvalue weighted by atomic mass is 10.1. The van der Waals surface area contributed by atoms with Crippen molar-refractivity contribution in [2.24, 2.45) is 0 Å². The van der Waals surface area contributed by atoms with Crippen LogP contribution in [0.5, 0.6) is 5.75 Å². The smallest absolute Gasteiger partial charge is 0.407 e. The Hall–Kier alpha value is -3.73. The van der Waals surface area contributed by atoms with Crippen LogP contribution in [0, 0.1) is 0 Å². The van der Waals surface area contributed by atoms with Crippen LogP contribution in [0.25, 0.3) is 10.9 Å². The van der Waals surface area contributed by atoms with E-state index in [-0.39, 0.29) is 6.61 Å². The molecule has 0 spiro atoms. The number of aromatic amines is 1. The molecule has 0 aliphatic rings. The summed E-state index contributed by atoms with van der Waals surface area (Å²) in [5, 5.41) is 3.93. The number of carbonyl (C=O) groups excluding carboxylic acids is 1. The van der Waals surface area contributed by atoms with Crippen LogP contribution in [0.3, 0.4) is 0 Å². The molecule has 1 amide bonds. The molecule has 0 saturated carbocycles. The third-order valence-corrected chi connectivity index (χ3v) is 4.86. The molecule has 30 heavy (non-hydrogen) atoms. The van der Waals surface area contributed by atoms with E-state index < -0.39 is 6.09 Å².